The normalized spacial score (nSPS) is 10.4. The fraction of sp³-hybridized carbons (Fsp3) is 0.111. The van der Waals surface area contributed by atoms with E-state index < -0.39 is 0 Å². The van der Waals surface area contributed by atoms with Crippen LogP contribution >= 0.6 is 23.2 Å². The van der Waals surface area contributed by atoms with Crippen LogP contribution in [0.3, 0.4) is 0 Å². The van der Waals surface area contributed by atoms with Gasteiger partial charge in [-0.05, 0) is 35.9 Å². The van der Waals surface area contributed by atoms with Crippen molar-refractivity contribution in [3.05, 3.63) is 70.3 Å². The summed E-state index contributed by atoms with van der Waals surface area (Å²) >= 11 is 12.2. The molecule has 0 unspecified atom stereocenters. The topological polar surface area (TPSA) is 59.1 Å². The largest absolute Gasteiger partial charge is 0.495 e. The molecule has 3 aromatic rings. The minimum atomic E-state index is 0.435. The van der Waals surface area contributed by atoms with Crippen molar-refractivity contribution in [2.45, 2.75) is 6.54 Å². The molecule has 0 fully saturated rings. The zero-order chi connectivity index (χ0) is 17.6. The maximum Gasteiger partial charge on any atom is 0.229 e. The molecule has 0 amide bonds. The minimum absolute atomic E-state index is 0.435. The average molecular weight is 375 g/mol. The molecule has 0 aliphatic heterocycles. The van der Waals surface area contributed by atoms with Crippen LogP contribution in [0.2, 0.25) is 10.0 Å². The fourth-order valence-electron chi connectivity index (χ4n) is 2.24. The molecule has 0 atom stereocenters. The lowest BCUT2D eigenvalue weighted by Gasteiger charge is -2.12. The lowest BCUT2D eigenvalue weighted by molar-refractivity contribution is 0.417. The number of benzene rings is 2. The van der Waals surface area contributed by atoms with Crippen molar-refractivity contribution in [3.63, 3.8) is 0 Å². The third kappa shape index (κ3) is 4.53. The number of nitrogens with zero attached hydrogens (tertiary/aromatic N) is 2. The van der Waals surface area contributed by atoms with Gasteiger partial charge in [0.1, 0.15) is 11.6 Å². The van der Waals surface area contributed by atoms with E-state index in [9.17, 15) is 0 Å². The molecule has 25 heavy (non-hydrogen) atoms. The molecule has 3 rings (SSSR count). The Morgan fingerprint density at radius 2 is 1.92 bits per heavy atom. The number of aromatic nitrogens is 2. The second-order valence-electron chi connectivity index (χ2n) is 5.18. The molecule has 2 aromatic carbocycles. The quantitative estimate of drug-likeness (QED) is 0.624. The van der Waals surface area contributed by atoms with Crippen LogP contribution in [0.25, 0.3) is 0 Å². The molecule has 0 saturated heterocycles. The molecule has 0 radical (unpaired) electrons. The third-order valence-corrected chi connectivity index (χ3v) is 4.09. The Morgan fingerprint density at radius 3 is 2.72 bits per heavy atom. The number of hydrogen-bond donors (Lipinski definition) is 2. The van der Waals surface area contributed by atoms with Gasteiger partial charge < -0.3 is 15.4 Å². The first-order valence-electron chi connectivity index (χ1n) is 7.56. The first kappa shape index (κ1) is 17.3. The summed E-state index contributed by atoms with van der Waals surface area (Å²) in [5.41, 5.74) is 1.69. The Morgan fingerprint density at radius 1 is 1.08 bits per heavy atom. The number of anilines is 3. The van der Waals surface area contributed by atoms with Gasteiger partial charge in [0.2, 0.25) is 5.95 Å². The highest BCUT2D eigenvalue weighted by Crippen LogP contribution is 2.29. The summed E-state index contributed by atoms with van der Waals surface area (Å²) in [6.45, 7) is 0.566. The van der Waals surface area contributed by atoms with E-state index in [1.165, 1.54) is 0 Å². The number of ether oxygens (including phenoxy) is 1. The van der Waals surface area contributed by atoms with Gasteiger partial charge in [-0.3, -0.25) is 0 Å². The average Bonchev–Trinajstić information content (AvgIpc) is 2.62. The van der Waals surface area contributed by atoms with Gasteiger partial charge in [0.25, 0.3) is 0 Å². The van der Waals surface area contributed by atoms with Crippen LogP contribution in [0.4, 0.5) is 17.5 Å². The highest BCUT2D eigenvalue weighted by Gasteiger charge is 2.07. The molecule has 2 N–H and O–H groups in total. The molecule has 0 bridgehead atoms. The SMILES string of the molecule is COc1ccc(Cl)cc1Nc1nccc(NCc2ccccc2Cl)n1. The van der Waals surface area contributed by atoms with Crippen molar-refractivity contribution in [1.29, 1.82) is 0 Å². The van der Waals surface area contributed by atoms with Crippen molar-refractivity contribution >= 4 is 40.7 Å². The van der Waals surface area contributed by atoms with Crippen LogP contribution in [-0.4, -0.2) is 17.1 Å². The van der Waals surface area contributed by atoms with Crippen molar-refractivity contribution in [2.24, 2.45) is 0 Å². The van der Waals surface area contributed by atoms with Crippen LogP contribution in [-0.2, 0) is 6.54 Å². The van der Waals surface area contributed by atoms with E-state index >= 15 is 0 Å². The summed E-state index contributed by atoms with van der Waals surface area (Å²) in [6, 6.07) is 14.8. The van der Waals surface area contributed by atoms with E-state index in [4.69, 9.17) is 27.9 Å². The maximum absolute atomic E-state index is 6.17. The zero-order valence-corrected chi connectivity index (χ0v) is 15.0. The Labute approximate surface area is 156 Å². The monoisotopic (exact) mass is 374 g/mol. The Balaban J connectivity index is 1.74. The van der Waals surface area contributed by atoms with Gasteiger partial charge in [-0.25, -0.2) is 4.98 Å². The Hall–Kier alpha value is -2.50. The van der Waals surface area contributed by atoms with Gasteiger partial charge in [0.15, 0.2) is 0 Å². The van der Waals surface area contributed by atoms with Crippen molar-refractivity contribution in [1.82, 2.24) is 9.97 Å². The summed E-state index contributed by atoms with van der Waals surface area (Å²) < 4.78 is 5.31. The Kier molecular flexibility index (Phi) is 5.58. The zero-order valence-electron chi connectivity index (χ0n) is 13.5. The van der Waals surface area contributed by atoms with Gasteiger partial charge in [0, 0.05) is 22.8 Å². The van der Waals surface area contributed by atoms with Gasteiger partial charge in [-0.1, -0.05) is 41.4 Å². The van der Waals surface area contributed by atoms with Crippen LogP contribution in [0.5, 0.6) is 5.75 Å². The summed E-state index contributed by atoms with van der Waals surface area (Å²) in [7, 11) is 1.59. The fourth-order valence-corrected chi connectivity index (χ4v) is 2.62. The first-order chi connectivity index (χ1) is 12.2. The summed E-state index contributed by atoms with van der Waals surface area (Å²) in [4.78, 5) is 8.67. The van der Waals surface area contributed by atoms with Crippen LogP contribution in [0.1, 0.15) is 5.56 Å². The maximum atomic E-state index is 6.17. The number of hydrogen-bond acceptors (Lipinski definition) is 5. The molecule has 0 aliphatic carbocycles. The van der Waals surface area contributed by atoms with Crippen LogP contribution in [0, 0.1) is 0 Å². The highest BCUT2D eigenvalue weighted by atomic mass is 35.5. The molecule has 0 saturated carbocycles. The summed E-state index contributed by atoms with van der Waals surface area (Å²) in [6.07, 6.45) is 1.67. The number of nitrogens with one attached hydrogen (secondary N) is 2. The molecule has 7 heteroatoms. The second-order valence-corrected chi connectivity index (χ2v) is 6.02. The highest BCUT2D eigenvalue weighted by molar-refractivity contribution is 6.31. The van der Waals surface area contributed by atoms with E-state index in [2.05, 4.69) is 20.6 Å². The predicted octanol–water partition coefficient (Wildman–Crippen LogP) is 5.15. The molecule has 1 heterocycles. The van der Waals surface area contributed by atoms with Gasteiger partial charge in [0.05, 0.1) is 12.8 Å². The third-order valence-electron chi connectivity index (χ3n) is 3.48. The standard InChI is InChI=1S/C18H16Cl2N4O/c1-25-16-7-6-13(19)10-15(16)23-18-21-9-8-17(24-18)22-11-12-4-2-3-5-14(12)20/h2-10H,11H2,1H3,(H2,21,22,23,24). The van der Waals surface area contributed by atoms with Gasteiger partial charge >= 0.3 is 0 Å². The van der Waals surface area contributed by atoms with Gasteiger partial charge in [-0.2, -0.15) is 4.98 Å². The van der Waals surface area contributed by atoms with Gasteiger partial charge in [-0.15, -0.1) is 0 Å². The van der Waals surface area contributed by atoms with Crippen molar-refractivity contribution in [3.8, 4) is 5.75 Å². The molecular formula is C18H16Cl2N4O. The van der Waals surface area contributed by atoms with Crippen molar-refractivity contribution < 1.29 is 4.74 Å². The van der Waals surface area contributed by atoms with Crippen molar-refractivity contribution in [2.75, 3.05) is 17.7 Å². The summed E-state index contributed by atoms with van der Waals surface area (Å²) in [5, 5.41) is 7.66. The number of halogens is 2. The molecule has 1 aromatic heterocycles. The predicted molar refractivity (Wildman–Crippen MR) is 102 cm³/mol. The van der Waals surface area contributed by atoms with E-state index in [1.807, 2.05) is 24.3 Å². The lowest BCUT2D eigenvalue weighted by Crippen LogP contribution is -2.05. The molecule has 0 spiro atoms. The van der Waals surface area contributed by atoms with E-state index in [1.54, 1.807) is 37.6 Å². The number of methoxy groups -OCH3 is 1. The van der Waals surface area contributed by atoms with E-state index in [0.717, 1.165) is 5.56 Å². The second kappa shape index (κ2) is 8.05. The first-order valence-corrected chi connectivity index (χ1v) is 8.32. The molecule has 5 nitrogen and oxygen atoms in total. The molecule has 128 valence electrons. The smallest absolute Gasteiger partial charge is 0.229 e. The Bertz CT molecular complexity index is 873. The number of rotatable bonds is 6. The molecular weight excluding hydrogens is 359 g/mol. The van der Waals surface area contributed by atoms with E-state index in [-0.39, 0.29) is 0 Å². The lowest BCUT2D eigenvalue weighted by atomic mass is 10.2. The summed E-state index contributed by atoms with van der Waals surface area (Å²) in [5.74, 6) is 1.77. The van der Waals surface area contributed by atoms with Crippen LogP contribution in [0.15, 0.2) is 54.7 Å². The van der Waals surface area contributed by atoms with E-state index in [0.29, 0.717) is 39.8 Å². The van der Waals surface area contributed by atoms with Crippen LogP contribution < -0.4 is 15.4 Å². The minimum Gasteiger partial charge on any atom is -0.495 e. The molecule has 0 aliphatic rings.